The SMILES string of the molecule is O=c1[nH]nc(C2CCN(c3ncnc4sc([N+](=O)[O-])cc34)CC2)o1. The zero-order valence-electron chi connectivity index (χ0n) is 12.3. The van der Waals surface area contributed by atoms with Crippen molar-refractivity contribution in [3.63, 3.8) is 0 Å². The fraction of sp³-hybridized carbons (Fsp3) is 0.385. The molecule has 1 aliphatic rings. The van der Waals surface area contributed by atoms with Gasteiger partial charge in [-0.25, -0.2) is 19.9 Å². The van der Waals surface area contributed by atoms with Crippen molar-refractivity contribution >= 4 is 32.4 Å². The van der Waals surface area contributed by atoms with E-state index < -0.39 is 10.7 Å². The van der Waals surface area contributed by atoms with Crippen LogP contribution in [0.25, 0.3) is 10.2 Å². The molecule has 0 aliphatic carbocycles. The summed E-state index contributed by atoms with van der Waals surface area (Å²) in [6, 6.07) is 1.52. The normalized spacial score (nSPS) is 15.9. The first-order chi connectivity index (χ1) is 11.6. The molecule has 0 bridgehead atoms. The van der Waals surface area contributed by atoms with E-state index in [1.54, 1.807) is 0 Å². The number of anilines is 1. The first-order valence-electron chi connectivity index (χ1n) is 7.31. The zero-order valence-corrected chi connectivity index (χ0v) is 13.2. The summed E-state index contributed by atoms with van der Waals surface area (Å²) in [6.45, 7) is 1.38. The molecule has 4 heterocycles. The van der Waals surface area contributed by atoms with Gasteiger partial charge in [0.05, 0.1) is 10.3 Å². The summed E-state index contributed by atoms with van der Waals surface area (Å²) in [6.07, 6.45) is 2.94. The van der Waals surface area contributed by atoms with Crippen molar-refractivity contribution in [1.29, 1.82) is 0 Å². The van der Waals surface area contributed by atoms with Crippen molar-refractivity contribution in [1.82, 2.24) is 20.2 Å². The summed E-state index contributed by atoms with van der Waals surface area (Å²) in [7, 11) is 0. The van der Waals surface area contributed by atoms with E-state index >= 15 is 0 Å². The van der Waals surface area contributed by atoms with Gasteiger partial charge in [-0.1, -0.05) is 0 Å². The Labute approximate surface area is 138 Å². The van der Waals surface area contributed by atoms with Gasteiger partial charge in [-0.15, -0.1) is 5.10 Å². The van der Waals surface area contributed by atoms with E-state index in [4.69, 9.17) is 4.42 Å². The lowest BCUT2D eigenvalue weighted by Gasteiger charge is -2.31. The third-order valence-electron chi connectivity index (χ3n) is 4.07. The number of hydrogen-bond donors (Lipinski definition) is 1. The molecule has 24 heavy (non-hydrogen) atoms. The Bertz CT molecular complexity index is 955. The maximum atomic E-state index is 11.1. The summed E-state index contributed by atoms with van der Waals surface area (Å²) in [4.78, 5) is 32.7. The summed E-state index contributed by atoms with van der Waals surface area (Å²) in [5.41, 5.74) is 0. The predicted octanol–water partition coefficient (Wildman–Crippen LogP) is 1.66. The van der Waals surface area contributed by atoms with Gasteiger partial charge in [0.2, 0.25) is 5.89 Å². The fourth-order valence-corrected chi connectivity index (χ4v) is 3.74. The van der Waals surface area contributed by atoms with Crippen LogP contribution in [0.2, 0.25) is 0 Å². The predicted molar refractivity (Wildman–Crippen MR) is 85.4 cm³/mol. The molecule has 0 aromatic carbocycles. The minimum Gasteiger partial charge on any atom is -0.392 e. The van der Waals surface area contributed by atoms with Crippen molar-refractivity contribution in [3.8, 4) is 0 Å². The Balaban J connectivity index is 1.58. The second kappa shape index (κ2) is 5.67. The van der Waals surface area contributed by atoms with Gasteiger partial charge in [0.15, 0.2) is 0 Å². The van der Waals surface area contributed by atoms with Gasteiger partial charge in [0.1, 0.15) is 17.0 Å². The minimum absolute atomic E-state index is 0.0555. The number of piperidine rings is 1. The van der Waals surface area contributed by atoms with Gasteiger partial charge >= 0.3 is 10.8 Å². The second-order valence-electron chi connectivity index (χ2n) is 5.47. The molecule has 0 atom stereocenters. The van der Waals surface area contributed by atoms with E-state index in [2.05, 4.69) is 25.1 Å². The summed E-state index contributed by atoms with van der Waals surface area (Å²) < 4.78 is 5.02. The molecule has 0 amide bonds. The van der Waals surface area contributed by atoms with Crippen LogP contribution in [0, 0.1) is 10.1 Å². The van der Waals surface area contributed by atoms with Crippen LogP contribution in [-0.2, 0) is 0 Å². The van der Waals surface area contributed by atoms with Gasteiger partial charge in [0, 0.05) is 25.1 Å². The molecule has 124 valence electrons. The zero-order chi connectivity index (χ0) is 16.7. The van der Waals surface area contributed by atoms with E-state index in [1.165, 1.54) is 12.4 Å². The quantitative estimate of drug-likeness (QED) is 0.558. The van der Waals surface area contributed by atoms with Crippen molar-refractivity contribution < 1.29 is 9.34 Å². The van der Waals surface area contributed by atoms with E-state index in [9.17, 15) is 14.9 Å². The molecule has 11 heteroatoms. The lowest BCUT2D eigenvalue weighted by atomic mass is 9.97. The minimum atomic E-state index is -0.546. The Hall–Kier alpha value is -2.82. The number of nitrogens with zero attached hydrogens (tertiary/aromatic N) is 5. The number of aromatic amines is 1. The summed E-state index contributed by atoms with van der Waals surface area (Å²) >= 11 is 1.04. The Morgan fingerprint density at radius 3 is 2.83 bits per heavy atom. The molecular formula is C13H12N6O4S. The molecule has 4 rings (SSSR count). The molecular weight excluding hydrogens is 336 g/mol. The molecule has 3 aromatic rings. The van der Waals surface area contributed by atoms with Crippen LogP contribution in [0.15, 0.2) is 21.6 Å². The van der Waals surface area contributed by atoms with Crippen LogP contribution in [-0.4, -0.2) is 38.2 Å². The van der Waals surface area contributed by atoms with Gasteiger partial charge in [0.25, 0.3) is 0 Å². The number of rotatable bonds is 3. The highest BCUT2D eigenvalue weighted by molar-refractivity contribution is 7.21. The first-order valence-corrected chi connectivity index (χ1v) is 8.13. The van der Waals surface area contributed by atoms with Crippen molar-refractivity contribution in [3.05, 3.63) is 38.9 Å². The van der Waals surface area contributed by atoms with Gasteiger partial charge in [-0.3, -0.25) is 10.1 Å². The van der Waals surface area contributed by atoms with Crippen LogP contribution < -0.4 is 10.7 Å². The molecule has 0 saturated carbocycles. The van der Waals surface area contributed by atoms with E-state index in [1.807, 2.05) is 0 Å². The topological polar surface area (TPSA) is 131 Å². The maximum absolute atomic E-state index is 11.1. The highest BCUT2D eigenvalue weighted by Crippen LogP contribution is 2.36. The number of nitro groups is 1. The summed E-state index contributed by atoms with van der Waals surface area (Å²) in [5, 5.41) is 17.9. The third-order valence-corrected chi connectivity index (χ3v) is 5.07. The molecule has 10 nitrogen and oxygen atoms in total. The number of aromatic nitrogens is 4. The van der Waals surface area contributed by atoms with E-state index in [0.29, 0.717) is 35.0 Å². The van der Waals surface area contributed by atoms with Crippen molar-refractivity contribution in [2.24, 2.45) is 0 Å². The largest absolute Gasteiger partial charge is 0.434 e. The van der Waals surface area contributed by atoms with Crippen LogP contribution in [0.4, 0.5) is 10.8 Å². The maximum Gasteiger partial charge on any atom is 0.434 e. The standard InChI is InChI=1S/C13H12N6O4S/c20-13-17-16-11(23-13)7-1-3-18(4-2-7)10-8-5-9(19(21)22)24-12(8)15-6-14-10/h5-7H,1-4H2,(H,17,20). The first kappa shape index (κ1) is 14.8. The number of hydrogen-bond acceptors (Lipinski definition) is 9. The van der Waals surface area contributed by atoms with Gasteiger partial charge in [-0.2, -0.15) is 0 Å². The van der Waals surface area contributed by atoms with Crippen LogP contribution >= 0.6 is 11.3 Å². The molecule has 1 aliphatic heterocycles. The number of nitrogens with one attached hydrogen (secondary N) is 1. The lowest BCUT2D eigenvalue weighted by molar-refractivity contribution is -0.380. The van der Waals surface area contributed by atoms with Crippen molar-refractivity contribution in [2.75, 3.05) is 18.0 Å². The number of thiophene rings is 1. The highest BCUT2D eigenvalue weighted by atomic mass is 32.1. The number of H-pyrrole nitrogens is 1. The molecule has 3 aromatic heterocycles. The monoisotopic (exact) mass is 348 g/mol. The fourth-order valence-electron chi connectivity index (χ4n) is 2.93. The average Bonchev–Trinajstić information content (AvgIpc) is 3.21. The molecule has 0 unspecified atom stereocenters. The Morgan fingerprint density at radius 1 is 1.38 bits per heavy atom. The van der Waals surface area contributed by atoms with Crippen molar-refractivity contribution in [2.45, 2.75) is 18.8 Å². The highest BCUT2D eigenvalue weighted by Gasteiger charge is 2.27. The number of fused-ring (bicyclic) bond motifs is 1. The van der Waals surface area contributed by atoms with Gasteiger partial charge in [-0.05, 0) is 24.2 Å². The molecule has 1 fully saturated rings. The van der Waals surface area contributed by atoms with Crippen LogP contribution in [0.3, 0.4) is 0 Å². The van der Waals surface area contributed by atoms with Crippen LogP contribution in [0.1, 0.15) is 24.7 Å². The van der Waals surface area contributed by atoms with E-state index in [0.717, 1.165) is 24.2 Å². The lowest BCUT2D eigenvalue weighted by Crippen LogP contribution is -2.33. The second-order valence-corrected chi connectivity index (χ2v) is 6.48. The van der Waals surface area contributed by atoms with Crippen LogP contribution in [0.5, 0.6) is 0 Å². The smallest absolute Gasteiger partial charge is 0.392 e. The molecule has 1 saturated heterocycles. The third kappa shape index (κ3) is 2.52. The Kier molecular flexibility index (Phi) is 3.49. The molecule has 0 radical (unpaired) electrons. The summed E-state index contributed by atoms with van der Waals surface area (Å²) in [5.74, 6) is 0.662. The average molecular weight is 348 g/mol. The van der Waals surface area contributed by atoms with Gasteiger partial charge < -0.3 is 9.32 Å². The molecule has 1 N–H and O–H groups in total. The van der Waals surface area contributed by atoms with E-state index in [-0.39, 0.29) is 10.9 Å². The molecule has 0 spiro atoms. The Morgan fingerprint density at radius 2 is 2.17 bits per heavy atom.